The maximum absolute atomic E-state index is 13.1. The van der Waals surface area contributed by atoms with Crippen molar-refractivity contribution in [2.75, 3.05) is 7.05 Å². The quantitative estimate of drug-likeness (QED) is 0.698. The van der Waals surface area contributed by atoms with Crippen LogP contribution < -0.4 is 5.32 Å². The van der Waals surface area contributed by atoms with Crippen LogP contribution in [-0.2, 0) is 0 Å². The highest BCUT2D eigenvalue weighted by molar-refractivity contribution is 6.09. The fourth-order valence-corrected chi connectivity index (χ4v) is 4.87. The highest BCUT2D eigenvalue weighted by Crippen LogP contribution is 2.34. The first-order valence-electron chi connectivity index (χ1n) is 10.2. The molecule has 2 saturated heterocycles. The number of aromatic nitrogens is 2. The summed E-state index contributed by atoms with van der Waals surface area (Å²) in [7, 11) is 2.19. The first-order chi connectivity index (χ1) is 14.1. The zero-order chi connectivity index (χ0) is 20.0. The van der Waals surface area contributed by atoms with Gasteiger partial charge >= 0.3 is 0 Å². The van der Waals surface area contributed by atoms with Crippen LogP contribution in [0.5, 0.6) is 0 Å². The zero-order valence-corrected chi connectivity index (χ0v) is 17.6. The van der Waals surface area contributed by atoms with Crippen molar-refractivity contribution in [3.63, 3.8) is 0 Å². The van der Waals surface area contributed by atoms with E-state index in [1.807, 2.05) is 42.5 Å². The summed E-state index contributed by atoms with van der Waals surface area (Å²) in [6, 6.07) is 17.7. The molecule has 2 atom stereocenters. The lowest BCUT2D eigenvalue weighted by molar-refractivity contribution is 0.0877. The predicted octanol–water partition coefficient (Wildman–Crippen LogP) is 3.50. The smallest absolute Gasteiger partial charge is 0.278 e. The second kappa shape index (κ2) is 8.20. The standard InChI is InChI=1S/C23H24N4O2.ClH/c1-26-17-11-12-18(26)14-16(13-17)24-22(28)21-19-9-5-6-10-20(19)27(25-21)23(29)15-7-3-2-4-8-15;/h2-10,16-18H,11-14H2,1H3,(H,24,28);1H. The van der Waals surface area contributed by atoms with E-state index >= 15 is 0 Å². The molecule has 0 radical (unpaired) electrons. The van der Waals surface area contributed by atoms with Crippen molar-refractivity contribution in [3.05, 3.63) is 65.9 Å². The third-order valence-corrected chi connectivity index (χ3v) is 6.45. The van der Waals surface area contributed by atoms with E-state index in [9.17, 15) is 9.59 Å². The Kier molecular flexibility index (Phi) is 5.62. The van der Waals surface area contributed by atoms with Crippen molar-refractivity contribution in [2.24, 2.45) is 0 Å². The molecule has 1 N–H and O–H groups in total. The number of halogens is 1. The molecule has 3 aromatic rings. The van der Waals surface area contributed by atoms with E-state index in [-0.39, 0.29) is 30.3 Å². The lowest BCUT2D eigenvalue weighted by atomic mass is 9.98. The molecule has 156 valence electrons. The fourth-order valence-electron chi connectivity index (χ4n) is 4.87. The Morgan fingerprint density at radius 1 is 0.967 bits per heavy atom. The van der Waals surface area contributed by atoms with Crippen molar-refractivity contribution in [2.45, 2.75) is 43.8 Å². The molecule has 2 aliphatic rings. The van der Waals surface area contributed by atoms with Crippen molar-refractivity contribution in [1.29, 1.82) is 0 Å². The number of amides is 1. The van der Waals surface area contributed by atoms with E-state index in [1.54, 1.807) is 12.1 Å². The largest absolute Gasteiger partial charge is 0.348 e. The molecule has 0 spiro atoms. The van der Waals surface area contributed by atoms with Gasteiger partial charge in [-0.25, -0.2) is 0 Å². The molecule has 2 unspecified atom stereocenters. The molecule has 0 aliphatic carbocycles. The van der Waals surface area contributed by atoms with E-state index in [1.165, 1.54) is 17.5 Å². The Hall–Kier alpha value is -2.70. The Morgan fingerprint density at radius 2 is 1.60 bits per heavy atom. The third kappa shape index (κ3) is 3.50. The molecule has 0 saturated carbocycles. The number of nitrogens with zero attached hydrogens (tertiary/aromatic N) is 3. The van der Waals surface area contributed by atoms with Gasteiger partial charge in [0.1, 0.15) is 0 Å². The van der Waals surface area contributed by atoms with Crippen LogP contribution in [0.1, 0.15) is 46.5 Å². The average Bonchev–Trinajstić information content (AvgIpc) is 3.21. The Morgan fingerprint density at radius 3 is 2.30 bits per heavy atom. The van der Waals surface area contributed by atoms with Crippen LogP contribution in [0.15, 0.2) is 54.6 Å². The van der Waals surface area contributed by atoms with Crippen LogP contribution in [0.4, 0.5) is 0 Å². The van der Waals surface area contributed by atoms with E-state index in [4.69, 9.17) is 0 Å². The number of fused-ring (bicyclic) bond motifs is 3. The van der Waals surface area contributed by atoms with Gasteiger partial charge in [0.05, 0.1) is 5.52 Å². The predicted molar refractivity (Wildman–Crippen MR) is 118 cm³/mol. The summed E-state index contributed by atoms with van der Waals surface area (Å²) in [6.07, 6.45) is 4.36. The van der Waals surface area contributed by atoms with Crippen molar-refractivity contribution in [3.8, 4) is 0 Å². The minimum Gasteiger partial charge on any atom is -0.348 e. The molecule has 2 aliphatic heterocycles. The van der Waals surface area contributed by atoms with Crippen LogP contribution in [0.25, 0.3) is 10.9 Å². The normalized spacial score (nSPS) is 23.2. The van der Waals surface area contributed by atoms with Gasteiger partial charge in [-0.2, -0.15) is 9.78 Å². The van der Waals surface area contributed by atoms with Gasteiger partial charge in [0.2, 0.25) is 0 Å². The lowest BCUT2D eigenvalue weighted by Gasteiger charge is -2.36. The van der Waals surface area contributed by atoms with E-state index < -0.39 is 0 Å². The van der Waals surface area contributed by atoms with Crippen molar-refractivity contribution < 1.29 is 9.59 Å². The fraction of sp³-hybridized carbons (Fsp3) is 0.348. The lowest BCUT2D eigenvalue weighted by Crippen LogP contribution is -2.48. The summed E-state index contributed by atoms with van der Waals surface area (Å²) in [6.45, 7) is 0. The first kappa shape index (κ1) is 20.6. The number of nitrogens with one attached hydrogen (secondary N) is 1. The number of rotatable bonds is 3. The number of hydrogen-bond acceptors (Lipinski definition) is 4. The van der Waals surface area contributed by atoms with Gasteiger partial charge in [-0.3, -0.25) is 9.59 Å². The minimum absolute atomic E-state index is 0. The molecule has 2 fully saturated rings. The average molecular weight is 425 g/mol. The molecular weight excluding hydrogens is 400 g/mol. The Labute approximate surface area is 181 Å². The summed E-state index contributed by atoms with van der Waals surface area (Å²) < 4.78 is 1.35. The van der Waals surface area contributed by atoms with Crippen LogP contribution in [0.3, 0.4) is 0 Å². The zero-order valence-electron chi connectivity index (χ0n) is 16.8. The van der Waals surface area contributed by atoms with Gasteiger partial charge in [0.25, 0.3) is 11.8 Å². The maximum atomic E-state index is 13.1. The molecule has 2 bridgehead atoms. The van der Waals surface area contributed by atoms with E-state index in [0.29, 0.717) is 34.2 Å². The first-order valence-corrected chi connectivity index (χ1v) is 10.2. The molecule has 2 aromatic carbocycles. The number of para-hydroxylation sites is 1. The molecule has 1 aromatic heterocycles. The van der Waals surface area contributed by atoms with Gasteiger partial charge in [0.15, 0.2) is 5.69 Å². The van der Waals surface area contributed by atoms with E-state index in [2.05, 4.69) is 22.4 Å². The molecule has 5 rings (SSSR count). The van der Waals surface area contributed by atoms with Crippen LogP contribution >= 0.6 is 12.4 Å². The number of piperidine rings is 1. The van der Waals surface area contributed by atoms with Crippen LogP contribution in [-0.4, -0.2) is 51.7 Å². The number of carbonyl (C=O) groups excluding carboxylic acids is 2. The summed E-state index contributed by atoms with van der Waals surface area (Å²) in [4.78, 5) is 28.5. The van der Waals surface area contributed by atoms with Gasteiger partial charge < -0.3 is 10.2 Å². The molecule has 7 heteroatoms. The summed E-state index contributed by atoms with van der Waals surface area (Å²) in [5, 5.41) is 8.33. The summed E-state index contributed by atoms with van der Waals surface area (Å²) in [5.41, 5.74) is 1.51. The van der Waals surface area contributed by atoms with Gasteiger partial charge in [-0.05, 0) is 50.9 Å². The maximum Gasteiger partial charge on any atom is 0.278 e. The SMILES string of the molecule is CN1C2CCC1CC(NC(=O)c1nn(C(=O)c3ccccc3)c3ccccc13)C2.Cl. The van der Waals surface area contributed by atoms with Crippen molar-refractivity contribution in [1.82, 2.24) is 20.0 Å². The highest BCUT2D eigenvalue weighted by Gasteiger charge is 2.39. The highest BCUT2D eigenvalue weighted by atomic mass is 35.5. The Balaban J connectivity index is 0.00000218. The van der Waals surface area contributed by atoms with Gasteiger partial charge in [0, 0.05) is 29.1 Å². The van der Waals surface area contributed by atoms with Crippen molar-refractivity contribution >= 4 is 35.1 Å². The topological polar surface area (TPSA) is 67.2 Å². The summed E-state index contributed by atoms with van der Waals surface area (Å²) in [5.74, 6) is -0.437. The van der Waals surface area contributed by atoms with Gasteiger partial charge in [-0.15, -0.1) is 12.4 Å². The van der Waals surface area contributed by atoms with Crippen LogP contribution in [0, 0.1) is 0 Å². The van der Waals surface area contributed by atoms with E-state index in [0.717, 1.165) is 12.8 Å². The number of benzene rings is 2. The Bertz CT molecular complexity index is 1070. The molecular formula is C23H25ClN4O2. The van der Waals surface area contributed by atoms with Crippen LogP contribution in [0.2, 0.25) is 0 Å². The minimum atomic E-state index is -0.238. The third-order valence-electron chi connectivity index (χ3n) is 6.45. The monoisotopic (exact) mass is 424 g/mol. The number of carbonyl (C=O) groups is 2. The molecule has 1 amide bonds. The molecule has 3 heterocycles. The molecule has 30 heavy (non-hydrogen) atoms. The second-order valence-corrected chi connectivity index (χ2v) is 8.14. The summed E-state index contributed by atoms with van der Waals surface area (Å²) >= 11 is 0. The number of hydrogen-bond donors (Lipinski definition) is 1. The van der Waals surface area contributed by atoms with Gasteiger partial charge in [-0.1, -0.05) is 36.4 Å². The molecule has 6 nitrogen and oxygen atoms in total. The second-order valence-electron chi connectivity index (χ2n) is 8.14.